The summed E-state index contributed by atoms with van der Waals surface area (Å²) in [5.41, 5.74) is 0.822. The second-order valence-corrected chi connectivity index (χ2v) is 8.91. The van der Waals surface area contributed by atoms with Crippen molar-refractivity contribution < 1.29 is 17.9 Å². The van der Waals surface area contributed by atoms with E-state index in [1.807, 2.05) is 13.8 Å². The second kappa shape index (κ2) is 9.30. The minimum Gasteiger partial charge on any atom is -0.489 e. The quantitative estimate of drug-likeness (QED) is 0.685. The molecule has 152 valence electrons. The molecule has 0 saturated carbocycles. The van der Waals surface area contributed by atoms with E-state index in [1.165, 1.54) is 6.07 Å². The molecule has 28 heavy (non-hydrogen) atoms. The largest absolute Gasteiger partial charge is 0.489 e. The predicted octanol–water partition coefficient (Wildman–Crippen LogP) is 4.31. The van der Waals surface area contributed by atoms with Crippen LogP contribution in [0.15, 0.2) is 48.5 Å². The fourth-order valence-electron chi connectivity index (χ4n) is 2.82. The third-order valence-corrected chi connectivity index (χ3v) is 5.31. The molecule has 0 heterocycles. The van der Waals surface area contributed by atoms with Crippen LogP contribution in [0.5, 0.6) is 5.75 Å². The first kappa shape index (κ1) is 22.0. The van der Waals surface area contributed by atoms with Gasteiger partial charge in [0.15, 0.2) is 0 Å². The number of benzene rings is 2. The van der Waals surface area contributed by atoms with Crippen molar-refractivity contribution in [2.75, 3.05) is 15.9 Å². The highest BCUT2D eigenvalue weighted by molar-refractivity contribution is 7.92. The molecule has 0 aliphatic heterocycles. The Morgan fingerprint density at radius 2 is 1.86 bits per heavy atom. The summed E-state index contributed by atoms with van der Waals surface area (Å²) >= 11 is 6.03. The van der Waals surface area contributed by atoms with Crippen molar-refractivity contribution in [3.8, 4) is 5.75 Å². The van der Waals surface area contributed by atoms with Gasteiger partial charge >= 0.3 is 0 Å². The zero-order chi connectivity index (χ0) is 20.9. The number of ether oxygens (including phenoxy) is 1. The van der Waals surface area contributed by atoms with E-state index in [0.717, 1.165) is 10.6 Å². The summed E-state index contributed by atoms with van der Waals surface area (Å²) in [5.74, 6) is 0.0714. The molecular weight excluding hydrogens is 400 g/mol. The first-order chi connectivity index (χ1) is 13.1. The van der Waals surface area contributed by atoms with E-state index in [-0.39, 0.29) is 12.5 Å². The number of carbonyl (C=O) groups excluding carboxylic acids is 1. The summed E-state index contributed by atoms with van der Waals surface area (Å²) in [6, 6.07) is 12.5. The molecule has 2 aromatic rings. The normalized spacial score (nSPS) is 12.5. The zero-order valence-electron chi connectivity index (χ0n) is 16.3. The highest BCUT2D eigenvalue weighted by Gasteiger charge is 2.32. The van der Waals surface area contributed by atoms with E-state index in [2.05, 4.69) is 5.32 Å². The van der Waals surface area contributed by atoms with E-state index in [1.54, 1.807) is 49.4 Å². The van der Waals surface area contributed by atoms with E-state index in [9.17, 15) is 13.2 Å². The summed E-state index contributed by atoms with van der Waals surface area (Å²) < 4.78 is 31.8. The van der Waals surface area contributed by atoms with Gasteiger partial charge in [-0.05, 0) is 50.6 Å². The van der Waals surface area contributed by atoms with E-state index in [0.29, 0.717) is 22.1 Å². The van der Waals surface area contributed by atoms with Crippen molar-refractivity contribution in [2.45, 2.75) is 39.3 Å². The number of rotatable bonds is 8. The molecule has 0 aliphatic rings. The fraction of sp³-hybridized carbons (Fsp3) is 0.350. The highest BCUT2D eigenvalue weighted by atomic mass is 35.5. The van der Waals surface area contributed by atoms with Crippen molar-refractivity contribution in [3.05, 3.63) is 53.6 Å². The molecule has 0 aromatic heterocycles. The molecule has 0 fully saturated rings. The van der Waals surface area contributed by atoms with Crippen LogP contribution in [0.3, 0.4) is 0 Å². The number of hydrogen-bond acceptors (Lipinski definition) is 4. The van der Waals surface area contributed by atoms with Crippen molar-refractivity contribution in [1.29, 1.82) is 0 Å². The molecule has 1 unspecified atom stereocenters. The lowest BCUT2D eigenvalue weighted by molar-refractivity contribution is -0.117. The van der Waals surface area contributed by atoms with Gasteiger partial charge in [-0.25, -0.2) is 8.42 Å². The van der Waals surface area contributed by atoms with E-state index < -0.39 is 22.0 Å². The van der Waals surface area contributed by atoms with Gasteiger partial charge < -0.3 is 10.1 Å². The van der Waals surface area contributed by atoms with Crippen LogP contribution in [0.4, 0.5) is 11.4 Å². The van der Waals surface area contributed by atoms with Crippen LogP contribution in [0.2, 0.25) is 5.02 Å². The number of halogens is 1. The number of carbonyl (C=O) groups is 1. The molecule has 0 aliphatic carbocycles. The maximum Gasteiger partial charge on any atom is 0.248 e. The van der Waals surface area contributed by atoms with Gasteiger partial charge in [0.1, 0.15) is 11.8 Å². The third kappa shape index (κ3) is 5.62. The summed E-state index contributed by atoms with van der Waals surface area (Å²) in [7, 11) is -3.73. The molecule has 2 aromatic carbocycles. The predicted molar refractivity (Wildman–Crippen MR) is 114 cm³/mol. The Bertz CT molecular complexity index is 931. The number of para-hydroxylation sites is 2. The Morgan fingerprint density at radius 3 is 2.43 bits per heavy atom. The van der Waals surface area contributed by atoms with Gasteiger partial charge in [0.25, 0.3) is 0 Å². The molecule has 0 radical (unpaired) electrons. The number of sulfonamides is 1. The van der Waals surface area contributed by atoms with Crippen LogP contribution < -0.4 is 14.4 Å². The molecule has 1 atom stereocenters. The fourth-order valence-corrected chi connectivity index (χ4v) is 4.20. The van der Waals surface area contributed by atoms with Gasteiger partial charge in [0, 0.05) is 5.02 Å². The lowest BCUT2D eigenvalue weighted by Gasteiger charge is -2.30. The monoisotopic (exact) mass is 424 g/mol. The van der Waals surface area contributed by atoms with Gasteiger partial charge in [-0.3, -0.25) is 9.10 Å². The first-order valence-electron chi connectivity index (χ1n) is 8.95. The molecule has 0 spiro atoms. The number of nitrogens with zero attached hydrogens (tertiary/aromatic N) is 1. The number of hydrogen-bond donors (Lipinski definition) is 1. The van der Waals surface area contributed by atoms with Crippen LogP contribution in [-0.2, 0) is 14.8 Å². The summed E-state index contributed by atoms with van der Waals surface area (Å²) in [4.78, 5) is 13.0. The van der Waals surface area contributed by atoms with Crippen molar-refractivity contribution in [3.63, 3.8) is 0 Å². The highest BCUT2D eigenvalue weighted by Crippen LogP contribution is 2.28. The molecule has 0 saturated heterocycles. The topological polar surface area (TPSA) is 75.7 Å². The van der Waals surface area contributed by atoms with Crippen LogP contribution in [0.25, 0.3) is 0 Å². The van der Waals surface area contributed by atoms with Gasteiger partial charge in [-0.2, -0.15) is 0 Å². The second-order valence-electron chi connectivity index (χ2n) is 6.61. The summed E-state index contributed by atoms with van der Waals surface area (Å²) in [6.07, 6.45) is 1.28. The van der Waals surface area contributed by atoms with E-state index in [4.69, 9.17) is 16.3 Å². The van der Waals surface area contributed by atoms with Gasteiger partial charge in [-0.15, -0.1) is 0 Å². The first-order valence-corrected chi connectivity index (χ1v) is 11.2. The van der Waals surface area contributed by atoms with Gasteiger partial charge in [0.2, 0.25) is 15.9 Å². The standard InChI is InChI=1S/C20H25ClN2O4S/c1-5-18(23(28(4,25)26)16-10-8-9-15(21)13-16)20(24)22-17-11-6-7-12-19(17)27-14(2)3/h6-14,18H,5H2,1-4H3,(H,22,24). The average molecular weight is 425 g/mol. The van der Waals surface area contributed by atoms with Crippen molar-refractivity contribution in [1.82, 2.24) is 0 Å². The Kier molecular flexibility index (Phi) is 7.32. The average Bonchev–Trinajstić information content (AvgIpc) is 2.59. The molecular formula is C20H25ClN2O4S. The smallest absolute Gasteiger partial charge is 0.248 e. The Balaban J connectivity index is 2.38. The van der Waals surface area contributed by atoms with Crippen molar-refractivity contribution in [2.24, 2.45) is 0 Å². The minimum atomic E-state index is -3.73. The summed E-state index contributed by atoms with van der Waals surface area (Å²) in [6.45, 7) is 5.53. The lowest BCUT2D eigenvalue weighted by Crippen LogP contribution is -2.47. The minimum absolute atomic E-state index is 0.0704. The molecule has 0 bridgehead atoms. The lowest BCUT2D eigenvalue weighted by atomic mass is 10.1. The van der Waals surface area contributed by atoms with Crippen LogP contribution >= 0.6 is 11.6 Å². The number of nitrogens with one attached hydrogen (secondary N) is 1. The third-order valence-electron chi connectivity index (χ3n) is 3.90. The summed E-state index contributed by atoms with van der Waals surface area (Å²) in [5, 5.41) is 3.19. The van der Waals surface area contributed by atoms with Crippen LogP contribution in [-0.4, -0.2) is 32.7 Å². The molecule has 1 amide bonds. The zero-order valence-corrected chi connectivity index (χ0v) is 17.9. The maximum atomic E-state index is 13.0. The maximum absolute atomic E-state index is 13.0. The van der Waals surface area contributed by atoms with Crippen LogP contribution in [0.1, 0.15) is 27.2 Å². The van der Waals surface area contributed by atoms with Gasteiger partial charge in [-0.1, -0.05) is 36.7 Å². The van der Waals surface area contributed by atoms with Crippen LogP contribution in [0, 0.1) is 0 Å². The molecule has 6 nitrogen and oxygen atoms in total. The van der Waals surface area contributed by atoms with Gasteiger partial charge in [0.05, 0.1) is 23.7 Å². The Hall–Kier alpha value is -2.25. The Labute approximate surface area is 171 Å². The Morgan fingerprint density at radius 1 is 1.18 bits per heavy atom. The number of amides is 1. The molecule has 2 rings (SSSR count). The molecule has 8 heteroatoms. The van der Waals surface area contributed by atoms with Crippen molar-refractivity contribution >= 4 is 38.9 Å². The number of anilines is 2. The molecule has 1 N–H and O–H groups in total. The van der Waals surface area contributed by atoms with E-state index >= 15 is 0 Å². The SMILES string of the molecule is CCC(C(=O)Nc1ccccc1OC(C)C)N(c1cccc(Cl)c1)S(C)(=O)=O.